The minimum Gasteiger partial charge on any atom is -0.341 e. The molecule has 2 amide bonds. The molecule has 7 heteroatoms. The van der Waals surface area contributed by atoms with Crippen molar-refractivity contribution in [2.45, 2.75) is 25.7 Å². The maximum Gasteiger partial charge on any atom is 0.263 e. The first kappa shape index (κ1) is 19.4. The fraction of sp³-hybridized carbons (Fsp3) is 0.318. The maximum atomic E-state index is 12.6. The van der Waals surface area contributed by atoms with Gasteiger partial charge in [-0.2, -0.15) is 5.10 Å². The molecule has 1 aromatic carbocycles. The van der Waals surface area contributed by atoms with Crippen LogP contribution in [0.5, 0.6) is 0 Å². The summed E-state index contributed by atoms with van der Waals surface area (Å²) < 4.78 is 0. The Morgan fingerprint density at radius 3 is 2.76 bits per heavy atom. The van der Waals surface area contributed by atoms with E-state index in [9.17, 15) is 9.59 Å². The van der Waals surface area contributed by atoms with Crippen LogP contribution < -0.4 is 5.32 Å². The number of nitrogens with one attached hydrogen (secondary N) is 2. The van der Waals surface area contributed by atoms with Crippen molar-refractivity contribution in [3.63, 3.8) is 0 Å². The van der Waals surface area contributed by atoms with E-state index in [1.54, 1.807) is 11.0 Å². The van der Waals surface area contributed by atoms with Crippen LogP contribution in [0.2, 0.25) is 0 Å². The molecule has 6 nitrogen and oxygen atoms in total. The molecule has 0 aliphatic heterocycles. The largest absolute Gasteiger partial charge is 0.341 e. The van der Waals surface area contributed by atoms with E-state index in [4.69, 9.17) is 0 Å². The Bertz CT molecular complexity index is 991. The average Bonchev–Trinajstić information content (AvgIpc) is 3.32. The summed E-state index contributed by atoms with van der Waals surface area (Å²) in [7, 11) is 1.81. The van der Waals surface area contributed by atoms with Crippen LogP contribution in [0.15, 0.2) is 48.5 Å². The summed E-state index contributed by atoms with van der Waals surface area (Å²) in [6, 6.07) is 15.7. The Morgan fingerprint density at radius 1 is 1.21 bits per heavy atom. The van der Waals surface area contributed by atoms with E-state index in [1.165, 1.54) is 11.3 Å². The second-order valence-corrected chi connectivity index (χ2v) is 8.49. The fourth-order valence-corrected chi connectivity index (χ4v) is 4.04. The molecule has 1 saturated carbocycles. The van der Waals surface area contributed by atoms with Crippen molar-refractivity contribution in [2.24, 2.45) is 5.92 Å². The number of H-pyrrole nitrogens is 1. The first-order chi connectivity index (χ1) is 14.1. The van der Waals surface area contributed by atoms with E-state index >= 15 is 0 Å². The summed E-state index contributed by atoms with van der Waals surface area (Å²) in [5.41, 5.74) is 3.08. The zero-order chi connectivity index (χ0) is 20.2. The molecule has 1 aliphatic rings. The lowest BCUT2D eigenvalue weighted by Gasteiger charge is -2.15. The molecule has 0 bridgehead atoms. The highest BCUT2D eigenvalue weighted by atomic mass is 32.1. The number of hydrogen-bond donors (Lipinski definition) is 2. The van der Waals surface area contributed by atoms with E-state index in [1.807, 2.05) is 43.4 Å². The molecule has 4 rings (SSSR count). The molecule has 0 radical (unpaired) electrons. The number of aromatic nitrogens is 2. The average molecular weight is 409 g/mol. The number of anilines is 1. The summed E-state index contributed by atoms with van der Waals surface area (Å²) in [5, 5.41) is 11.1. The number of benzene rings is 1. The molecule has 0 spiro atoms. The SMILES string of the molecule is CN(CCCc1cc(-c2ccccc2)n[nH]1)C(=O)c1ccc(NC(=O)C2CC2)s1. The number of aryl methyl sites for hydroxylation is 1. The molecule has 1 fully saturated rings. The third-order valence-corrected chi connectivity index (χ3v) is 5.99. The van der Waals surface area contributed by atoms with Gasteiger partial charge >= 0.3 is 0 Å². The van der Waals surface area contributed by atoms with Crippen molar-refractivity contribution in [2.75, 3.05) is 18.9 Å². The first-order valence-electron chi connectivity index (χ1n) is 9.86. The molecule has 3 aromatic rings. The molecule has 0 saturated heterocycles. The maximum absolute atomic E-state index is 12.6. The van der Waals surface area contributed by atoms with Gasteiger partial charge in [0.2, 0.25) is 5.91 Å². The highest BCUT2D eigenvalue weighted by Gasteiger charge is 2.30. The van der Waals surface area contributed by atoms with Crippen LogP contribution in [0.4, 0.5) is 5.00 Å². The molecule has 0 atom stereocenters. The number of carbonyl (C=O) groups excluding carboxylic acids is 2. The molecule has 29 heavy (non-hydrogen) atoms. The Hall–Kier alpha value is -2.93. The van der Waals surface area contributed by atoms with Gasteiger partial charge in [-0.25, -0.2) is 0 Å². The molecule has 2 aromatic heterocycles. The van der Waals surface area contributed by atoms with Crippen LogP contribution in [-0.4, -0.2) is 40.5 Å². The van der Waals surface area contributed by atoms with Crippen molar-refractivity contribution in [1.29, 1.82) is 0 Å². The van der Waals surface area contributed by atoms with E-state index < -0.39 is 0 Å². The molecular weight excluding hydrogens is 384 g/mol. The van der Waals surface area contributed by atoms with E-state index in [0.29, 0.717) is 11.4 Å². The van der Waals surface area contributed by atoms with Crippen molar-refractivity contribution in [3.05, 3.63) is 59.1 Å². The number of amides is 2. The fourth-order valence-electron chi connectivity index (χ4n) is 3.13. The summed E-state index contributed by atoms with van der Waals surface area (Å²) in [6.45, 7) is 0.653. The summed E-state index contributed by atoms with van der Waals surface area (Å²) >= 11 is 1.33. The van der Waals surface area contributed by atoms with Crippen LogP contribution in [-0.2, 0) is 11.2 Å². The van der Waals surface area contributed by atoms with Crippen LogP contribution in [0, 0.1) is 5.92 Å². The van der Waals surface area contributed by atoms with Crippen molar-refractivity contribution < 1.29 is 9.59 Å². The normalized spacial score (nSPS) is 13.3. The van der Waals surface area contributed by atoms with E-state index in [-0.39, 0.29) is 17.7 Å². The highest BCUT2D eigenvalue weighted by molar-refractivity contribution is 7.18. The number of thiophene rings is 1. The third kappa shape index (κ3) is 4.92. The number of nitrogens with zero attached hydrogens (tertiary/aromatic N) is 2. The highest BCUT2D eigenvalue weighted by Crippen LogP contribution is 2.31. The zero-order valence-corrected chi connectivity index (χ0v) is 17.2. The Kier molecular flexibility index (Phi) is 5.76. The Labute approximate surface area is 173 Å². The van der Waals surface area contributed by atoms with Gasteiger partial charge in [0.05, 0.1) is 15.6 Å². The topological polar surface area (TPSA) is 78.1 Å². The van der Waals surface area contributed by atoms with Crippen LogP contribution in [0.25, 0.3) is 11.3 Å². The van der Waals surface area contributed by atoms with Gasteiger partial charge < -0.3 is 10.2 Å². The zero-order valence-electron chi connectivity index (χ0n) is 16.4. The first-order valence-corrected chi connectivity index (χ1v) is 10.7. The van der Waals surface area contributed by atoms with Gasteiger partial charge in [-0.15, -0.1) is 11.3 Å². The van der Waals surface area contributed by atoms with Gasteiger partial charge in [0.1, 0.15) is 0 Å². The van der Waals surface area contributed by atoms with Crippen LogP contribution in [0.3, 0.4) is 0 Å². The van der Waals surface area contributed by atoms with Gasteiger partial charge in [-0.05, 0) is 43.9 Å². The molecule has 2 heterocycles. The monoisotopic (exact) mass is 408 g/mol. The molecule has 0 unspecified atom stereocenters. The summed E-state index contributed by atoms with van der Waals surface area (Å²) in [6.07, 6.45) is 3.60. The second kappa shape index (κ2) is 8.61. The lowest BCUT2D eigenvalue weighted by Crippen LogP contribution is -2.27. The van der Waals surface area contributed by atoms with E-state index in [0.717, 1.165) is 47.6 Å². The number of aromatic amines is 1. The van der Waals surface area contributed by atoms with Crippen LogP contribution in [0.1, 0.15) is 34.6 Å². The lowest BCUT2D eigenvalue weighted by atomic mass is 10.1. The van der Waals surface area contributed by atoms with E-state index in [2.05, 4.69) is 21.6 Å². The van der Waals surface area contributed by atoms with Gasteiger partial charge in [0.25, 0.3) is 5.91 Å². The molecule has 150 valence electrons. The minimum atomic E-state index is -0.0171. The van der Waals surface area contributed by atoms with Gasteiger partial charge in [-0.3, -0.25) is 14.7 Å². The van der Waals surface area contributed by atoms with Crippen molar-refractivity contribution in [3.8, 4) is 11.3 Å². The second-order valence-electron chi connectivity index (χ2n) is 7.40. The summed E-state index contributed by atoms with van der Waals surface area (Å²) in [5.74, 6) is 0.203. The van der Waals surface area contributed by atoms with Crippen LogP contribution >= 0.6 is 11.3 Å². The van der Waals surface area contributed by atoms with Gasteiger partial charge in [0, 0.05) is 30.8 Å². The quantitative estimate of drug-likeness (QED) is 0.587. The lowest BCUT2D eigenvalue weighted by molar-refractivity contribution is -0.117. The third-order valence-electron chi connectivity index (χ3n) is 5.00. The van der Waals surface area contributed by atoms with Crippen molar-refractivity contribution >= 4 is 28.2 Å². The Balaban J connectivity index is 1.26. The predicted molar refractivity (Wildman–Crippen MR) is 115 cm³/mol. The number of hydrogen-bond acceptors (Lipinski definition) is 4. The molecule has 1 aliphatic carbocycles. The van der Waals surface area contributed by atoms with Gasteiger partial charge in [-0.1, -0.05) is 30.3 Å². The summed E-state index contributed by atoms with van der Waals surface area (Å²) in [4.78, 5) is 26.8. The standard InChI is InChI=1S/C22H24N4O2S/c1-26(22(28)19-11-12-20(29-19)23-21(27)16-9-10-16)13-5-8-17-14-18(25-24-17)15-6-3-2-4-7-15/h2-4,6-7,11-12,14,16H,5,8-10,13H2,1H3,(H,23,27)(H,24,25). The Morgan fingerprint density at radius 2 is 2.00 bits per heavy atom. The van der Waals surface area contributed by atoms with Crippen molar-refractivity contribution in [1.82, 2.24) is 15.1 Å². The smallest absolute Gasteiger partial charge is 0.263 e. The predicted octanol–water partition coefficient (Wildman–Crippen LogP) is 4.19. The number of rotatable bonds is 8. The number of carbonyl (C=O) groups is 2. The molecular formula is C22H24N4O2S. The molecule has 2 N–H and O–H groups in total. The minimum absolute atomic E-state index is 0.0171. The van der Waals surface area contributed by atoms with Gasteiger partial charge in [0.15, 0.2) is 0 Å².